The first-order chi connectivity index (χ1) is 6.69. The fourth-order valence-electron chi connectivity index (χ4n) is 2.93. The summed E-state index contributed by atoms with van der Waals surface area (Å²) in [5.41, 5.74) is 0.347. The van der Waals surface area contributed by atoms with Crippen LogP contribution in [-0.4, -0.2) is 26.3 Å². The van der Waals surface area contributed by atoms with Crippen LogP contribution >= 0.6 is 0 Å². The fraction of sp³-hybridized carbons (Fsp3) is 1.00. The maximum atomic E-state index is 5.59. The second kappa shape index (κ2) is 5.13. The molecule has 14 heavy (non-hydrogen) atoms. The third-order valence-electron chi connectivity index (χ3n) is 3.92. The molecule has 0 amide bonds. The van der Waals surface area contributed by atoms with Crippen LogP contribution in [0.2, 0.25) is 0 Å². The first kappa shape index (κ1) is 12.0. The molecule has 2 nitrogen and oxygen atoms in total. The van der Waals surface area contributed by atoms with Crippen LogP contribution < -0.4 is 5.32 Å². The molecular formula is C12H25NO. The maximum absolute atomic E-state index is 5.59. The summed E-state index contributed by atoms with van der Waals surface area (Å²) in [6.07, 6.45) is 4.28. The Bertz CT molecular complexity index is 172. The normalized spacial score (nSPS) is 34.7. The molecule has 0 radical (unpaired) electrons. The zero-order valence-electron chi connectivity index (χ0n) is 10.1. The van der Waals surface area contributed by atoms with Crippen LogP contribution in [0.3, 0.4) is 0 Å². The first-order valence-electron chi connectivity index (χ1n) is 5.92. The average molecular weight is 199 g/mol. The van der Waals surface area contributed by atoms with Gasteiger partial charge in [0.1, 0.15) is 0 Å². The summed E-state index contributed by atoms with van der Waals surface area (Å²) >= 11 is 0. The number of hydrogen-bond acceptors (Lipinski definition) is 2. The molecule has 1 rings (SSSR count). The second-order valence-corrected chi connectivity index (χ2v) is 4.75. The number of ether oxygens (including phenoxy) is 1. The van der Waals surface area contributed by atoms with Crippen LogP contribution in [0, 0.1) is 11.3 Å². The third kappa shape index (κ3) is 2.12. The lowest BCUT2D eigenvalue weighted by molar-refractivity contribution is -0.00467. The smallest absolute Gasteiger partial charge is 0.0763 e. The van der Waals surface area contributed by atoms with E-state index in [-0.39, 0.29) is 0 Å². The standard InChI is InChI=1S/C12H25NO/c1-5-7-10(6-2)12(3)9-13-8-11(12)14-4/h10-11,13H,5-9H2,1-4H3. The fourth-order valence-corrected chi connectivity index (χ4v) is 2.93. The highest BCUT2D eigenvalue weighted by atomic mass is 16.5. The molecule has 1 N–H and O–H groups in total. The van der Waals surface area contributed by atoms with Crippen LogP contribution in [0.5, 0.6) is 0 Å². The molecule has 0 aromatic carbocycles. The van der Waals surface area contributed by atoms with E-state index in [0.29, 0.717) is 11.5 Å². The summed E-state index contributed by atoms with van der Waals surface area (Å²) in [5.74, 6) is 0.799. The van der Waals surface area contributed by atoms with Gasteiger partial charge in [-0.2, -0.15) is 0 Å². The Morgan fingerprint density at radius 3 is 2.71 bits per heavy atom. The van der Waals surface area contributed by atoms with Gasteiger partial charge in [0.05, 0.1) is 6.10 Å². The zero-order chi connectivity index (χ0) is 10.6. The van der Waals surface area contributed by atoms with Crippen molar-refractivity contribution in [1.29, 1.82) is 0 Å². The van der Waals surface area contributed by atoms with Crippen molar-refractivity contribution in [3.8, 4) is 0 Å². The molecule has 0 bridgehead atoms. The van der Waals surface area contributed by atoms with Crippen molar-refractivity contribution in [2.45, 2.75) is 46.1 Å². The molecule has 2 heteroatoms. The molecule has 1 aliphatic heterocycles. The predicted octanol–water partition coefficient (Wildman–Crippen LogP) is 2.44. The Morgan fingerprint density at radius 2 is 2.21 bits per heavy atom. The monoisotopic (exact) mass is 199 g/mol. The SMILES string of the molecule is CCCC(CC)C1(C)CNCC1OC. The minimum absolute atomic E-state index is 0.347. The first-order valence-corrected chi connectivity index (χ1v) is 5.92. The summed E-state index contributed by atoms with van der Waals surface area (Å²) in [5, 5.41) is 3.46. The van der Waals surface area contributed by atoms with Crippen LogP contribution in [0.15, 0.2) is 0 Å². The van der Waals surface area contributed by atoms with Crippen molar-refractivity contribution in [2.24, 2.45) is 11.3 Å². The van der Waals surface area contributed by atoms with Crippen molar-refractivity contribution in [3.05, 3.63) is 0 Å². The van der Waals surface area contributed by atoms with Gasteiger partial charge in [-0.15, -0.1) is 0 Å². The Balaban J connectivity index is 2.68. The molecule has 1 heterocycles. The van der Waals surface area contributed by atoms with Gasteiger partial charge in [-0.05, 0) is 5.92 Å². The number of hydrogen-bond donors (Lipinski definition) is 1. The van der Waals surface area contributed by atoms with E-state index in [2.05, 4.69) is 26.1 Å². The molecule has 0 aromatic heterocycles. The molecule has 3 unspecified atom stereocenters. The Hall–Kier alpha value is -0.0800. The summed E-state index contributed by atoms with van der Waals surface area (Å²) < 4.78 is 5.59. The molecule has 0 spiro atoms. The van der Waals surface area contributed by atoms with E-state index < -0.39 is 0 Å². The Labute approximate surface area is 88.4 Å². The van der Waals surface area contributed by atoms with Crippen LogP contribution in [0.4, 0.5) is 0 Å². The summed E-state index contributed by atoms with van der Waals surface area (Å²) in [6, 6.07) is 0. The summed E-state index contributed by atoms with van der Waals surface area (Å²) in [6.45, 7) is 9.09. The van der Waals surface area contributed by atoms with E-state index in [4.69, 9.17) is 4.74 Å². The molecular weight excluding hydrogens is 174 g/mol. The molecule has 1 aliphatic rings. The van der Waals surface area contributed by atoms with Crippen molar-refractivity contribution in [2.75, 3.05) is 20.2 Å². The second-order valence-electron chi connectivity index (χ2n) is 4.75. The lowest BCUT2D eigenvalue weighted by Crippen LogP contribution is -2.39. The topological polar surface area (TPSA) is 21.3 Å². The van der Waals surface area contributed by atoms with Gasteiger partial charge in [-0.25, -0.2) is 0 Å². The van der Waals surface area contributed by atoms with Crippen molar-refractivity contribution in [3.63, 3.8) is 0 Å². The maximum Gasteiger partial charge on any atom is 0.0763 e. The summed E-state index contributed by atoms with van der Waals surface area (Å²) in [4.78, 5) is 0. The molecule has 0 saturated carbocycles. The van der Waals surface area contributed by atoms with Crippen LogP contribution in [0.1, 0.15) is 40.0 Å². The van der Waals surface area contributed by atoms with Gasteiger partial charge < -0.3 is 10.1 Å². The largest absolute Gasteiger partial charge is 0.380 e. The van der Waals surface area contributed by atoms with Crippen molar-refractivity contribution < 1.29 is 4.74 Å². The van der Waals surface area contributed by atoms with Crippen molar-refractivity contribution in [1.82, 2.24) is 5.32 Å². The van der Waals surface area contributed by atoms with E-state index in [9.17, 15) is 0 Å². The van der Waals surface area contributed by atoms with E-state index in [1.165, 1.54) is 19.3 Å². The number of rotatable bonds is 5. The van der Waals surface area contributed by atoms with Crippen molar-refractivity contribution >= 4 is 0 Å². The van der Waals surface area contributed by atoms with E-state index >= 15 is 0 Å². The molecule has 1 saturated heterocycles. The highest BCUT2D eigenvalue weighted by Gasteiger charge is 2.43. The molecule has 0 aliphatic carbocycles. The van der Waals surface area contributed by atoms with Gasteiger partial charge >= 0.3 is 0 Å². The van der Waals surface area contributed by atoms with Gasteiger partial charge in [0.25, 0.3) is 0 Å². The van der Waals surface area contributed by atoms with E-state index in [0.717, 1.165) is 19.0 Å². The lowest BCUT2D eigenvalue weighted by atomic mass is 9.71. The van der Waals surface area contributed by atoms with E-state index in [1.807, 2.05) is 7.11 Å². The third-order valence-corrected chi connectivity index (χ3v) is 3.92. The van der Waals surface area contributed by atoms with Gasteiger partial charge in [0, 0.05) is 25.6 Å². The van der Waals surface area contributed by atoms with Gasteiger partial charge in [0.15, 0.2) is 0 Å². The Morgan fingerprint density at radius 1 is 1.50 bits per heavy atom. The zero-order valence-corrected chi connectivity index (χ0v) is 10.1. The minimum atomic E-state index is 0.347. The highest BCUT2D eigenvalue weighted by molar-refractivity contribution is 4.96. The van der Waals surface area contributed by atoms with Crippen LogP contribution in [0.25, 0.3) is 0 Å². The van der Waals surface area contributed by atoms with E-state index in [1.54, 1.807) is 0 Å². The lowest BCUT2D eigenvalue weighted by Gasteiger charge is -2.37. The Kier molecular flexibility index (Phi) is 4.39. The number of nitrogens with one attached hydrogen (secondary N) is 1. The van der Waals surface area contributed by atoms with Crippen LogP contribution in [-0.2, 0) is 4.74 Å². The summed E-state index contributed by atoms with van der Waals surface area (Å²) in [7, 11) is 1.84. The number of methoxy groups -OCH3 is 1. The molecule has 3 atom stereocenters. The molecule has 0 aromatic rings. The highest BCUT2D eigenvalue weighted by Crippen LogP contribution is 2.39. The molecule has 84 valence electrons. The molecule has 1 fully saturated rings. The van der Waals surface area contributed by atoms with Gasteiger partial charge in [-0.3, -0.25) is 0 Å². The minimum Gasteiger partial charge on any atom is -0.380 e. The average Bonchev–Trinajstić information content (AvgIpc) is 2.56. The van der Waals surface area contributed by atoms with Gasteiger partial charge in [-0.1, -0.05) is 40.0 Å². The predicted molar refractivity (Wildman–Crippen MR) is 60.5 cm³/mol. The quantitative estimate of drug-likeness (QED) is 0.734. The van der Waals surface area contributed by atoms with Gasteiger partial charge in [0.2, 0.25) is 0 Å².